The minimum atomic E-state index is 0.142. The first-order valence-corrected chi connectivity index (χ1v) is 7.69. The molecule has 1 saturated heterocycles. The third-order valence-electron chi connectivity index (χ3n) is 4.65. The van der Waals surface area contributed by atoms with E-state index in [2.05, 4.69) is 10.3 Å². The molecule has 3 rings (SSSR count). The van der Waals surface area contributed by atoms with Crippen molar-refractivity contribution in [1.29, 1.82) is 0 Å². The van der Waals surface area contributed by atoms with E-state index in [0.29, 0.717) is 0 Å². The minimum Gasteiger partial charge on any atom is -0.385 e. The molecule has 4 heteroatoms. The number of fused-ring (bicyclic) bond motifs is 1. The smallest absolute Gasteiger partial charge is 0.257 e. The number of aryl methyl sites for hydroxylation is 1. The van der Waals surface area contributed by atoms with Crippen molar-refractivity contribution in [2.24, 2.45) is 11.8 Å². The van der Waals surface area contributed by atoms with Crippen LogP contribution in [0.2, 0.25) is 0 Å². The zero-order valence-corrected chi connectivity index (χ0v) is 12.4. The Morgan fingerprint density at radius 2 is 2.10 bits per heavy atom. The highest BCUT2D eigenvalue weighted by Crippen LogP contribution is 2.38. The number of amides is 1. The molecule has 20 heavy (non-hydrogen) atoms. The van der Waals surface area contributed by atoms with Gasteiger partial charge in [0.15, 0.2) is 0 Å². The number of nitrogens with one attached hydrogen (secondary N) is 1. The summed E-state index contributed by atoms with van der Waals surface area (Å²) in [5.74, 6) is 1.61. The fourth-order valence-electron chi connectivity index (χ4n) is 3.64. The number of likely N-dealkylation sites (tertiary alicyclic amines) is 1. The third-order valence-corrected chi connectivity index (χ3v) is 4.65. The monoisotopic (exact) mass is 273 g/mol. The quantitative estimate of drug-likeness (QED) is 0.921. The molecule has 4 nitrogen and oxygen atoms in total. The standard InChI is InChI=1S/C16H23N3O/c1-3-17-15-7-11(2)18-8-14(15)16(20)19-9-12-5-4-6-13(12)10-19/h7-8,12-13H,3-6,9-10H2,1-2H3,(H,17,18). The maximum absolute atomic E-state index is 12.7. The van der Waals surface area contributed by atoms with Crippen LogP contribution < -0.4 is 5.32 Å². The summed E-state index contributed by atoms with van der Waals surface area (Å²) in [5.41, 5.74) is 2.58. The predicted molar refractivity (Wildman–Crippen MR) is 79.9 cm³/mol. The van der Waals surface area contributed by atoms with E-state index >= 15 is 0 Å². The molecule has 1 aromatic heterocycles. The summed E-state index contributed by atoms with van der Waals surface area (Å²) in [6.45, 7) is 6.68. The van der Waals surface area contributed by atoms with Crippen LogP contribution in [-0.4, -0.2) is 35.4 Å². The molecule has 1 saturated carbocycles. The van der Waals surface area contributed by atoms with Crippen molar-refractivity contribution in [3.8, 4) is 0 Å². The van der Waals surface area contributed by atoms with Crippen molar-refractivity contribution < 1.29 is 4.79 Å². The van der Waals surface area contributed by atoms with Gasteiger partial charge in [0.05, 0.1) is 11.3 Å². The van der Waals surface area contributed by atoms with Crippen LogP contribution in [0.1, 0.15) is 42.2 Å². The average molecular weight is 273 g/mol. The van der Waals surface area contributed by atoms with Crippen LogP contribution in [0.15, 0.2) is 12.3 Å². The lowest BCUT2D eigenvalue weighted by atomic mass is 10.0. The SMILES string of the molecule is CCNc1cc(C)ncc1C(=O)N1CC2CCCC2C1. The molecular weight excluding hydrogens is 250 g/mol. The van der Waals surface area contributed by atoms with Crippen LogP contribution >= 0.6 is 0 Å². The molecule has 0 aromatic carbocycles. The second-order valence-corrected chi connectivity index (χ2v) is 6.06. The van der Waals surface area contributed by atoms with Gasteiger partial charge < -0.3 is 10.2 Å². The molecule has 1 N–H and O–H groups in total. The van der Waals surface area contributed by atoms with Gasteiger partial charge in [-0.1, -0.05) is 6.42 Å². The summed E-state index contributed by atoms with van der Waals surface area (Å²) in [6, 6.07) is 1.97. The molecule has 1 amide bonds. The number of hydrogen-bond donors (Lipinski definition) is 1. The zero-order valence-electron chi connectivity index (χ0n) is 12.4. The Kier molecular flexibility index (Phi) is 3.64. The van der Waals surface area contributed by atoms with Crippen molar-refractivity contribution in [1.82, 2.24) is 9.88 Å². The maximum Gasteiger partial charge on any atom is 0.257 e. The van der Waals surface area contributed by atoms with E-state index in [1.165, 1.54) is 19.3 Å². The molecule has 1 aliphatic carbocycles. The molecule has 2 aliphatic rings. The topological polar surface area (TPSA) is 45.2 Å². The number of pyridine rings is 1. The normalized spacial score (nSPS) is 24.8. The van der Waals surface area contributed by atoms with Gasteiger partial charge in [-0.15, -0.1) is 0 Å². The molecule has 2 atom stereocenters. The van der Waals surface area contributed by atoms with Gasteiger partial charge in [-0.05, 0) is 44.6 Å². The molecule has 1 aromatic rings. The van der Waals surface area contributed by atoms with E-state index < -0.39 is 0 Å². The van der Waals surface area contributed by atoms with Crippen molar-refractivity contribution in [3.05, 3.63) is 23.5 Å². The van der Waals surface area contributed by atoms with Crippen molar-refractivity contribution in [2.75, 3.05) is 25.0 Å². The lowest BCUT2D eigenvalue weighted by Crippen LogP contribution is -2.30. The molecular formula is C16H23N3O. The second-order valence-electron chi connectivity index (χ2n) is 6.06. The molecule has 2 fully saturated rings. The van der Waals surface area contributed by atoms with Gasteiger partial charge in [0.25, 0.3) is 5.91 Å². The molecule has 108 valence electrons. The highest BCUT2D eigenvalue weighted by molar-refractivity contribution is 5.99. The van der Waals surface area contributed by atoms with Crippen molar-refractivity contribution in [3.63, 3.8) is 0 Å². The molecule has 0 bridgehead atoms. The van der Waals surface area contributed by atoms with Gasteiger partial charge in [-0.3, -0.25) is 9.78 Å². The van der Waals surface area contributed by atoms with Gasteiger partial charge in [0.2, 0.25) is 0 Å². The van der Waals surface area contributed by atoms with Crippen molar-refractivity contribution >= 4 is 11.6 Å². The van der Waals surface area contributed by atoms with E-state index in [0.717, 1.165) is 48.4 Å². The highest BCUT2D eigenvalue weighted by Gasteiger charge is 2.38. The van der Waals surface area contributed by atoms with Crippen LogP contribution in [0, 0.1) is 18.8 Å². The van der Waals surface area contributed by atoms with Gasteiger partial charge >= 0.3 is 0 Å². The maximum atomic E-state index is 12.7. The Labute approximate surface area is 120 Å². The van der Waals surface area contributed by atoms with E-state index in [1.54, 1.807) is 6.20 Å². The van der Waals surface area contributed by atoms with Crippen LogP contribution in [0.3, 0.4) is 0 Å². The number of nitrogens with zero attached hydrogens (tertiary/aromatic N) is 2. The summed E-state index contributed by atoms with van der Waals surface area (Å²) >= 11 is 0. The lowest BCUT2D eigenvalue weighted by molar-refractivity contribution is 0.0781. The van der Waals surface area contributed by atoms with Gasteiger partial charge in [-0.2, -0.15) is 0 Å². The first kappa shape index (κ1) is 13.4. The van der Waals surface area contributed by atoms with E-state index in [4.69, 9.17) is 0 Å². The number of aromatic nitrogens is 1. The summed E-state index contributed by atoms with van der Waals surface area (Å²) in [6.07, 6.45) is 5.65. The van der Waals surface area contributed by atoms with Crippen LogP contribution in [-0.2, 0) is 0 Å². The van der Waals surface area contributed by atoms with E-state index in [-0.39, 0.29) is 5.91 Å². The number of hydrogen-bond acceptors (Lipinski definition) is 3. The Bertz CT molecular complexity index is 502. The first-order valence-electron chi connectivity index (χ1n) is 7.69. The summed E-state index contributed by atoms with van der Waals surface area (Å²) in [4.78, 5) is 19.1. The minimum absolute atomic E-state index is 0.142. The number of carbonyl (C=O) groups excluding carboxylic acids is 1. The summed E-state index contributed by atoms with van der Waals surface area (Å²) in [7, 11) is 0. The molecule has 0 radical (unpaired) electrons. The molecule has 0 spiro atoms. The molecule has 2 unspecified atom stereocenters. The lowest BCUT2D eigenvalue weighted by Gasteiger charge is -2.19. The fourth-order valence-corrected chi connectivity index (χ4v) is 3.64. The van der Waals surface area contributed by atoms with Gasteiger partial charge in [-0.25, -0.2) is 0 Å². The van der Waals surface area contributed by atoms with Crippen molar-refractivity contribution in [2.45, 2.75) is 33.1 Å². The Balaban J connectivity index is 1.80. The van der Waals surface area contributed by atoms with Crippen LogP contribution in [0.25, 0.3) is 0 Å². The van der Waals surface area contributed by atoms with Gasteiger partial charge in [0, 0.05) is 31.5 Å². The van der Waals surface area contributed by atoms with E-state index in [1.807, 2.05) is 24.8 Å². The Morgan fingerprint density at radius 3 is 2.75 bits per heavy atom. The third kappa shape index (κ3) is 2.39. The molecule has 2 heterocycles. The largest absolute Gasteiger partial charge is 0.385 e. The first-order chi connectivity index (χ1) is 9.69. The second kappa shape index (κ2) is 5.43. The number of anilines is 1. The fraction of sp³-hybridized carbons (Fsp3) is 0.625. The highest BCUT2D eigenvalue weighted by atomic mass is 16.2. The predicted octanol–water partition coefficient (Wildman–Crippen LogP) is 2.69. The Morgan fingerprint density at radius 1 is 1.40 bits per heavy atom. The van der Waals surface area contributed by atoms with Gasteiger partial charge in [0.1, 0.15) is 0 Å². The van der Waals surface area contributed by atoms with Crippen LogP contribution in [0.4, 0.5) is 5.69 Å². The number of carbonyl (C=O) groups is 1. The molecule has 1 aliphatic heterocycles. The summed E-state index contributed by atoms with van der Waals surface area (Å²) < 4.78 is 0. The Hall–Kier alpha value is -1.58. The average Bonchev–Trinajstić information content (AvgIpc) is 2.99. The van der Waals surface area contributed by atoms with E-state index in [9.17, 15) is 4.79 Å². The number of rotatable bonds is 3. The van der Waals surface area contributed by atoms with Crippen LogP contribution in [0.5, 0.6) is 0 Å². The summed E-state index contributed by atoms with van der Waals surface area (Å²) in [5, 5.41) is 3.28. The zero-order chi connectivity index (χ0) is 14.1.